The van der Waals surface area contributed by atoms with Crippen LogP contribution in [0.25, 0.3) is 10.6 Å². The minimum atomic E-state index is -4.38. The molecule has 4 nitrogen and oxygen atoms in total. The molecule has 1 aliphatic rings. The molecule has 0 aliphatic carbocycles. The number of rotatable bonds is 6. The molecular formula is C16H20F3N3OS. The van der Waals surface area contributed by atoms with Crippen LogP contribution in [0.15, 0.2) is 18.2 Å². The minimum absolute atomic E-state index is 0.190. The molecule has 8 heteroatoms. The molecule has 0 unspecified atom stereocenters. The second-order valence-electron chi connectivity index (χ2n) is 5.76. The van der Waals surface area contributed by atoms with Crippen LogP contribution in [0.2, 0.25) is 0 Å². The highest BCUT2D eigenvalue weighted by Gasteiger charge is 2.35. The van der Waals surface area contributed by atoms with Crippen LogP contribution in [0.1, 0.15) is 30.3 Å². The number of hydrogen-bond acceptors (Lipinski definition) is 4. The molecule has 2 aromatic rings. The van der Waals surface area contributed by atoms with Crippen molar-refractivity contribution < 1.29 is 17.9 Å². The fourth-order valence-electron chi connectivity index (χ4n) is 2.78. The molecule has 3 rings (SSSR count). The minimum Gasteiger partial charge on any atom is -0.377 e. The van der Waals surface area contributed by atoms with Crippen LogP contribution in [0.5, 0.6) is 0 Å². The van der Waals surface area contributed by atoms with Gasteiger partial charge in [0.25, 0.3) is 0 Å². The number of aromatic nitrogens is 2. The van der Waals surface area contributed by atoms with Crippen molar-refractivity contribution in [2.24, 2.45) is 0 Å². The van der Waals surface area contributed by atoms with Gasteiger partial charge in [-0.1, -0.05) is 0 Å². The van der Waals surface area contributed by atoms with E-state index < -0.39 is 11.9 Å². The van der Waals surface area contributed by atoms with Gasteiger partial charge in [0.05, 0.1) is 11.0 Å². The van der Waals surface area contributed by atoms with Gasteiger partial charge in [-0.15, -0.1) is 11.3 Å². The van der Waals surface area contributed by atoms with Crippen molar-refractivity contribution in [3.8, 4) is 10.6 Å². The van der Waals surface area contributed by atoms with Crippen LogP contribution >= 0.6 is 11.3 Å². The van der Waals surface area contributed by atoms with Gasteiger partial charge in [-0.2, -0.15) is 18.3 Å². The van der Waals surface area contributed by atoms with E-state index >= 15 is 0 Å². The predicted octanol–water partition coefficient (Wildman–Crippen LogP) is 3.92. The van der Waals surface area contributed by atoms with Gasteiger partial charge in [0.1, 0.15) is 11.4 Å². The molecule has 24 heavy (non-hydrogen) atoms. The highest BCUT2D eigenvalue weighted by atomic mass is 32.1. The Bertz CT molecular complexity index is 674. The standard InChI is InChI=1S/C16H20F3N3OS/c1-2-22-15(16(17,18)19)8-13(21-22)14-6-5-12(24-14)10-20-9-11-4-3-7-23-11/h5-6,8,11,20H,2-4,7,9-10H2,1H3/t11-/m1/s1. The van der Waals surface area contributed by atoms with Gasteiger partial charge in [0, 0.05) is 31.1 Å². The Kier molecular flexibility index (Phi) is 5.27. The first-order valence-electron chi connectivity index (χ1n) is 8.04. The Balaban J connectivity index is 1.65. The number of alkyl halides is 3. The van der Waals surface area contributed by atoms with Crippen molar-refractivity contribution in [1.29, 1.82) is 0 Å². The van der Waals surface area contributed by atoms with Gasteiger partial charge in [-0.3, -0.25) is 4.68 Å². The fourth-order valence-corrected chi connectivity index (χ4v) is 3.71. The van der Waals surface area contributed by atoms with Crippen LogP contribution in [-0.4, -0.2) is 29.0 Å². The zero-order valence-corrected chi connectivity index (χ0v) is 14.2. The van der Waals surface area contributed by atoms with E-state index in [1.54, 1.807) is 6.92 Å². The fraction of sp³-hybridized carbons (Fsp3) is 0.562. The SMILES string of the molecule is CCn1nc(-c2ccc(CNC[C@H]3CCCO3)s2)cc1C(F)(F)F. The lowest BCUT2D eigenvalue weighted by Gasteiger charge is -2.09. The predicted molar refractivity (Wildman–Crippen MR) is 86.9 cm³/mol. The van der Waals surface area contributed by atoms with E-state index in [-0.39, 0.29) is 12.6 Å². The number of halogens is 3. The Morgan fingerprint density at radius 1 is 1.42 bits per heavy atom. The van der Waals surface area contributed by atoms with Crippen LogP contribution in [0.3, 0.4) is 0 Å². The van der Waals surface area contributed by atoms with E-state index in [1.165, 1.54) is 11.3 Å². The van der Waals surface area contributed by atoms with Gasteiger partial charge in [0.2, 0.25) is 0 Å². The summed E-state index contributed by atoms with van der Waals surface area (Å²) < 4.78 is 45.6. The highest BCUT2D eigenvalue weighted by Crippen LogP contribution is 2.34. The number of nitrogens with one attached hydrogen (secondary N) is 1. The van der Waals surface area contributed by atoms with Gasteiger partial charge >= 0.3 is 6.18 Å². The largest absolute Gasteiger partial charge is 0.433 e. The number of thiophene rings is 1. The quantitative estimate of drug-likeness (QED) is 0.850. The molecular weight excluding hydrogens is 339 g/mol. The van der Waals surface area contributed by atoms with E-state index in [1.807, 2.05) is 12.1 Å². The van der Waals surface area contributed by atoms with Gasteiger partial charge in [-0.25, -0.2) is 0 Å². The summed E-state index contributed by atoms with van der Waals surface area (Å²) in [6, 6.07) is 4.88. The van der Waals surface area contributed by atoms with Crippen LogP contribution in [-0.2, 0) is 24.0 Å². The second kappa shape index (κ2) is 7.25. The van der Waals surface area contributed by atoms with Gasteiger partial charge in [0.15, 0.2) is 0 Å². The van der Waals surface area contributed by atoms with Gasteiger partial charge < -0.3 is 10.1 Å². The van der Waals surface area contributed by atoms with E-state index in [0.717, 1.165) is 46.5 Å². The summed E-state index contributed by atoms with van der Waals surface area (Å²) in [5.41, 5.74) is -0.328. The zero-order chi connectivity index (χ0) is 17.2. The zero-order valence-electron chi connectivity index (χ0n) is 13.4. The average Bonchev–Trinajstić information content (AvgIpc) is 3.26. The van der Waals surface area contributed by atoms with E-state index in [0.29, 0.717) is 12.2 Å². The molecule has 1 N–H and O–H groups in total. The molecule has 2 aromatic heterocycles. The molecule has 0 amide bonds. The summed E-state index contributed by atoms with van der Waals surface area (Å²) in [5.74, 6) is 0. The number of aryl methyl sites for hydroxylation is 1. The Labute approximate surface area is 142 Å². The third kappa shape index (κ3) is 3.99. The molecule has 0 saturated carbocycles. The van der Waals surface area contributed by atoms with Crippen molar-refractivity contribution in [3.63, 3.8) is 0 Å². The van der Waals surface area contributed by atoms with Crippen LogP contribution < -0.4 is 5.32 Å². The lowest BCUT2D eigenvalue weighted by molar-refractivity contribution is -0.144. The molecule has 3 heterocycles. The summed E-state index contributed by atoms with van der Waals surface area (Å²) in [7, 11) is 0. The molecule has 0 radical (unpaired) electrons. The molecule has 0 spiro atoms. The normalized spacial score (nSPS) is 18.4. The number of hydrogen-bond donors (Lipinski definition) is 1. The van der Waals surface area contributed by atoms with Crippen LogP contribution in [0.4, 0.5) is 13.2 Å². The topological polar surface area (TPSA) is 39.1 Å². The second-order valence-corrected chi connectivity index (χ2v) is 6.93. The first-order chi connectivity index (χ1) is 11.5. The summed E-state index contributed by atoms with van der Waals surface area (Å²) in [4.78, 5) is 1.82. The first kappa shape index (κ1) is 17.4. The van der Waals surface area contributed by atoms with Gasteiger partial charge in [-0.05, 0) is 38.0 Å². The molecule has 1 atom stereocenters. The molecule has 0 bridgehead atoms. The Morgan fingerprint density at radius 3 is 2.88 bits per heavy atom. The highest BCUT2D eigenvalue weighted by molar-refractivity contribution is 7.15. The third-order valence-electron chi connectivity index (χ3n) is 3.98. The smallest absolute Gasteiger partial charge is 0.377 e. The first-order valence-corrected chi connectivity index (χ1v) is 8.85. The van der Waals surface area contributed by atoms with Crippen molar-refractivity contribution in [2.75, 3.05) is 13.2 Å². The third-order valence-corrected chi connectivity index (χ3v) is 5.09. The summed E-state index contributed by atoms with van der Waals surface area (Å²) in [6.07, 6.45) is -1.92. The molecule has 1 saturated heterocycles. The van der Waals surface area contributed by atoms with E-state index in [2.05, 4.69) is 10.4 Å². The lowest BCUT2D eigenvalue weighted by Crippen LogP contribution is -2.25. The van der Waals surface area contributed by atoms with Crippen molar-refractivity contribution in [2.45, 2.75) is 45.1 Å². The lowest BCUT2D eigenvalue weighted by atomic mass is 10.2. The molecule has 1 aliphatic heterocycles. The maximum atomic E-state index is 13.0. The average molecular weight is 359 g/mol. The molecule has 1 fully saturated rings. The van der Waals surface area contributed by atoms with Crippen molar-refractivity contribution >= 4 is 11.3 Å². The van der Waals surface area contributed by atoms with Crippen LogP contribution in [0, 0.1) is 0 Å². The van der Waals surface area contributed by atoms with E-state index in [4.69, 9.17) is 4.74 Å². The maximum Gasteiger partial charge on any atom is 0.433 e. The summed E-state index contributed by atoms with van der Waals surface area (Å²) in [6.45, 7) is 4.16. The van der Waals surface area contributed by atoms with Crippen molar-refractivity contribution in [3.05, 3.63) is 28.8 Å². The molecule has 132 valence electrons. The monoisotopic (exact) mass is 359 g/mol. The Hall–Kier alpha value is -1.38. The number of ether oxygens (including phenoxy) is 1. The van der Waals surface area contributed by atoms with Crippen molar-refractivity contribution in [1.82, 2.24) is 15.1 Å². The molecule has 0 aromatic carbocycles. The summed E-state index contributed by atoms with van der Waals surface area (Å²) >= 11 is 1.47. The summed E-state index contributed by atoms with van der Waals surface area (Å²) in [5, 5.41) is 7.43. The Morgan fingerprint density at radius 2 is 2.25 bits per heavy atom. The van der Waals surface area contributed by atoms with E-state index in [9.17, 15) is 13.2 Å². The maximum absolute atomic E-state index is 13.0. The number of nitrogens with zero attached hydrogens (tertiary/aromatic N) is 2.